The summed E-state index contributed by atoms with van der Waals surface area (Å²) in [6.07, 6.45) is 4.37. The highest BCUT2D eigenvalue weighted by atomic mass is 16.5. The van der Waals surface area contributed by atoms with Crippen LogP contribution in [-0.4, -0.2) is 23.9 Å². The number of anilines is 2. The molecule has 6 heteroatoms. The van der Waals surface area contributed by atoms with E-state index >= 15 is 0 Å². The van der Waals surface area contributed by atoms with Crippen molar-refractivity contribution in [2.24, 2.45) is 0 Å². The lowest BCUT2D eigenvalue weighted by Crippen LogP contribution is -2.14. The highest BCUT2D eigenvalue weighted by molar-refractivity contribution is 5.95. The molecule has 6 nitrogen and oxygen atoms in total. The molecule has 0 aliphatic rings. The van der Waals surface area contributed by atoms with Crippen LogP contribution in [0.3, 0.4) is 0 Å². The van der Waals surface area contributed by atoms with Gasteiger partial charge in [0.25, 0.3) is 0 Å². The van der Waals surface area contributed by atoms with E-state index in [-0.39, 0.29) is 11.8 Å². The minimum atomic E-state index is -0.177. The van der Waals surface area contributed by atoms with Gasteiger partial charge >= 0.3 is 0 Å². The number of nitrogens with one attached hydrogen (secondary N) is 2. The van der Waals surface area contributed by atoms with Gasteiger partial charge in [-0.05, 0) is 36.2 Å². The second-order valence-electron chi connectivity index (χ2n) is 5.01. The van der Waals surface area contributed by atoms with Crippen molar-refractivity contribution in [2.75, 3.05) is 17.7 Å². The molecular formula is C17H19N3O3. The maximum Gasteiger partial charge on any atom is 0.224 e. The summed E-state index contributed by atoms with van der Waals surface area (Å²) < 4.78 is 5.23. The molecule has 1 heterocycles. The number of nitrogens with zero attached hydrogens (tertiary/aromatic N) is 1. The van der Waals surface area contributed by atoms with Crippen LogP contribution >= 0.6 is 0 Å². The van der Waals surface area contributed by atoms with Crippen LogP contribution in [0.15, 0.2) is 42.7 Å². The van der Waals surface area contributed by atoms with Gasteiger partial charge in [-0.2, -0.15) is 0 Å². The molecule has 0 bridgehead atoms. The number of hydrogen-bond donors (Lipinski definition) is 2. The Bertz CT molecular complexity index is 687. The summed E-state index contributed by atoms with van der Waals surface area (Å²) in [7, 11) is 1.53. The molecule has 0 saturated carbocycles. The SMILES string of the molecule is COc1ccc(NC(C)=O)cc1NC(=O)CCc1cccnc1. The number of hydrogen-bond acceptors (Lipinski definition) is 4. The third-order valence-electron chi connectivity index (χ3n) is 3.16. The number of rotatable bonds is 6. The van der Waals surface area contributed by atoms with Crippen LogP contribution in [0, 0.1) is 0 Å². The normalized spacial score (nSPS) is 10.0. The van der Waals surface area contributed by atoms with E-state index in [1.165, 1.54) is 14.0 Å². The first kappa shape index (κ1) is 16.5. The largest absolute Gasteiger partial charge is 0.495 e. The van der Waals surface area contributed by atoms with Crippen molar-refractivity contribution < 1.29 is 14.3 Å². The highest BCUT2D eigenvalue weighted by Gasteiger charge is 2.09. The number of aryl methyl sites for hydroxylation is 1. The van der Waals surface area contributed by atoms with Crippen LogP contribution in [0.4, 0.5) is 11.4 Å². The van der Waals surface area contributed by atoms with Crippen LogP contribution in [0.25, 0.3) is 0 Å². The number of carbonyl (C=O) groups excluding carboxylic acids is 2. The van der Waals surface area contributed by atoms with Gasteiger partial charge in [-0.3, -0.25) is 14.6 Å². The number of aromatic nitrogens is 1. The van der Waals surface area contributed by atoms with E-state index in [9.17, 15) is 9.59 Å². The quantitative estimate of drug-likeness (QED) is 0.859. The van der Waals surface area contributed by atoms with Crippen LogP contribution in [-0.2, 0) is 16.0 Å². The van der Waals surface area contributed by atoms with E-state index in [0.29, 0.717) is 30.0 Å². The second kappa shape index (κ2) is 7.93. The fraction of sp³-hybridized carbons (Fsp3) is 0.235. The van der Waals surface area contributed by atoms with Gasteiger partial charge in [0.05, 0.1) is 12.8 Å². The first-order valence-corrected chi connectivity index (χ1v) is 7.23. The first-order valence-electron chi connectivity index (χ1n) is 7.23. The summed E-state index contributed by atoms with van der Waals surface area (Å²) in [4.78, 5) is 27.3. The average molecular weight is 313 g/mol. The molecule has 2 N–H and O–H groups in total. The Kier molecular flexibility index (Phi) is 5.68. The van der Waals surface area contributed by atoms with E-state index in [2.05, 4.69) is 15.6 Å². The number of methoxy groups -OCH3 is 1. The number of pyridine rings is 1. The van der Waals surface area contributed by atoms with E-state index < -0.39 is 0 Å². The third-order valence-corrected chi connectivity index (χ3v) is 3.16. The van der Waals surface area contributed by atoms with Gasteiger partial charge in [0.1, 0.15) is 5.75 Å². The van der Waals surface area contributed by atoms with Gasteiger partial charge in [0.15, 0.2) is 0 Å². The lowest BCUT2D eigenvalue weighted by atomic mass is 10.1. The summed E-state index contributed by atoms with van der Waals surface area (Å²) in [5.41, 5.74) is 2.12. The van der Waals surface area contributed by atoms with Gasteiger partial charge < -0.3 is 15.4 Å². The second-order valence-corrected chi connectivity index (χ2v) is 5.01. The summed E-state index contributed by atoms with van der Waals surface area (Å²) in [5, 5.41) is 5.48. The standard InChI is InChI=1S/C17H19N3O3/c1-12(21)19-14-6-7-16(23-2)15(10-14)20-17(22)8-5-13-4-3-9-18-11-13/h3-4,6-7,9-11H,5,8H2,1-2H3,(H,19,21)(H,20,22). The zero-order chi connectivity index (χ0) is 16.7. The molecule has 0 atom stereocenters. The maximum atomic E-state index is 12.1. The zero-order valence-electron chi connectivity index (χ0n) is 13.1. The monoisotopic (exact) mass is 313 g/mol. The minimum absolute atomic E-state index is 0.132. The molecule has 0 unspecified atom stereocenters. The predicted octanol–water partition coefficient (Wildman–Crippen LogP) is 2.62. The van der Waals surface area contributed by atoms with Crippen molar-refractivity contribution in [1.29, 1.82) is 0 Å². The van der Waals surface area contributed by atoms with Crippen LogP contribution < -0.4 is 15.4 Å². The molecule has 0 radical (unpaired) electrons. The highest BCUT2D eigenvalue weighted by Crippen LogP contribution is 2.28. The van der Waals surface area contributed by atoms with Crippen molar-refractivity contribution in [3.8, 4) is 5.75 Å². The van der Waals surface area contributed by atoms with Crippen molar-refractivity contribution in [3.05, 3.63) is 48.3 Å². The van der Waals surface area contributed by atoms with Gasteiger partial charge in [0, 0.05) is 31.4 Å². The molecule has 0 aliphatic heterocycles. The molecule has 2 rings (SSSR count). The minimum Gasteiger partial charge on any atom is -0.495 e. The van der Waals surface area contributed by atoms with E-state index in [1.54, 1.807) is 30.6 Å². The number of ether oxygens (including phenoxy) is 1. The Morgan fingerprint density at radius 1 is 1.22 bits per heavy atom. The Labute approximate surface area is 134 Å². The van der Waals surface area contributed by atoms with Crippen molar-refractivity contribution in [3.63, 3.8) is 0 Å². The molecule has 0 aliphatic carbocycles. The summed E-state index contributed by atoms with van der Waals surface area (Å²) in [6, 6.07) is 8.85. The van der Waals surface area contributed by atoms with Gasteiger partial charge in [-0.25, -0.2) is 0 Å². The lowest BCUT2D eigenvalue weighted by Gasteiger charge is -2.12. The number of amides is 2. The molecule has 1 aromatic heterocycles. The van der Waals surface area contributed by atoms with Crippen LogP contribution in [0.2, 0.25) is 0 Å². The van der Waals surface area contributed by atoms with Crippen molar-refractivity contribution in [2.45, 2.75) is 19.8 Å². The fourth-order valence-electron chi connectivity index (χ4n) is 2.10. The molecular weight excluding hydrogens is 294 g/mol. The Balaban J connectivity index is 2.02. The third kappa shape index (κ3) is 5.10. The first-order chi connectivity index (χ1) is 11.1. The topological polar surface area (TPSA) is 80.3 Å². The van der Waals surface area contributed by atoms with Gasteiger partial charge in [-0.15, -0.1) is 0 Å². The van der Waals surface area contributed by atoms with Gasteiger partial charge in [-0.1, -0.05) is 6.07 Å². The molecule has 2 aromatic rings. The Hall–Kier alpha value is -2.89. The van der Waals surface area contributed by atoms with Crippen molar-refractivity contribution >= 4 is 23.2 Å². The van der Waals surface area contributed by atoms with Gasteiger partial charge in [0.2, 0.25) is 11.8 Å². The molecule has 1 aromatic carbocycles. The fourth-order valence-corrected chi connectivity index (χ4v) is 2.10. The van der Waals surface area contributed by atoms with E-state index in [4.69, 9.17) is 4.74 Å². The summed E-state index contributed by atoms with van der Waals surface area (Å²) in [5.74, 6) is 0.227. The molecule has 0 fully saturated rings. The van der Waals surface area contributed by atoms with Crippen LogP contribution in [0.5, 0.6) is 5.75 Å². The number of carbonyl (C=O) groups is 2. The maximum absolute atomic E-state index is 12.1. The van der Waals surface area contributed by atoms with E-state index in [0.717, 1.165) is 5.56 Å². The predicted molar refractivity (Wildman–Crippen MR) is 88.5 cm³/mol. The molecule has 120 valence electrons. The van der Waals surface area contributed by atoms with E-state index in [1.807, 2.05) is 12.1 Å². The summed E-state index contributed by atoms with van der Waals surface area (Å²) in [6.45, 7) is 1.43. The van der Waals surface area contributed by atoms with Crippen LogP contribution in [0.1, 0.15) is 18.9 Å². The lowest BCUT2D eigenvalue weighted by molar-refractivity contribution is -0.116. The molecule has 2 amide bonds. The van der Waals surface area contributed by atoms with Crippen molar-refractivity contribution in [1.82, 2.24) is 4.98 Å². The average Bonchev–Trinajstić information content (AvgIpc) is 2.54. The number of benzene rings is 1. The molecule has 23 heavy (non-hydrogen) atoms. The Morgan fingerprint density at radius 2 is 2.04 bits per heavy atom. The molecule has 0 spiro atoms. The Morgan fingerprint density at radius 3 is 2.70 bits per heavy atom. The smallest absolute Gasteiger partial charge is 0.224 e. The molecule has 0 saturated heterocycles. The zero-order valence-corrected chi connectivity index (χ0v) is 13.1. The summed E-state index contributed by atoms with van der Waals surface area (Å²) >= 11 is 0.